The summed E-state index contributed by atoms with van der Waals surface area (Å²) in [5, 5.41) is 1.26. The van der Waals surface area contributed by atoms with E-state index in [4.69, 9.17) is 0 Å². The van der Waals surface area contributed by atoms with Crippen molar-refractivity contribution in [3.05, 3.63) is 34.5 Å². The first-order chi connectivity index (χ1) is 8.59. The quantitative estimate of drug-likeness (QED) is 0.757. The second-order valence-electron chi connectivity index (χ2n) is 5.26. The molecule has 1 aliphatic rings. The van der Waals surface area contributed by atoms with Crippen molar-refractivity contribution in [2.24, 2.45) is 0 Å². The molecule has 1 amide bonds. The van der Waals surface area contributed by atoms with Crippen molar-refractivity contribution in [2.45, 2.75) is 26.7 Å². The highest BCUT2D eigenvalue weighted by Gasteiger charge is 2.24. The van der Waals surface area contributed by atoms with Crippen LogP contribution in [-0.4, -0.2) is 29.4 Å². The normalized spacial score (nSPS) is 15.9. The molecule has 1 N–H and O–H groups in total. The maximum atomic E-state index is 12.3. The fourth-order valence-electron chi connectivity index (χ4n) is 2.90. The number of carbonyl (C=O) groups is 1. The van der Waals surface area contributed by atoms with Crippen molar-refractivity contribution in [2.75, 3.05) is 13.6 Å². The Morgan fingerprint density at radius 2 is 1.94 bits per heavy atom. The van der Waals surface area contributed by atoms with Gasteiger partial charge in [0.15, 0.2) is 0 Å². The molecule has 0 saturated carbocycles. The molecule has 0 saturated heterocycles. The molecule has 0 spiro atoms. The molecule has 94 valence electrons. The van der Waals surface area contributed by atoms with Crippen LogP contribution in [0.2, 0.25) is 0 Å². The van der Waals surface area contributed by atoms with Crippen molar-refractivity contribution in [1.82, 2.24) is 9.88 Å². The van der Waals surface area contributed by atoms with Crippen molar-refractivity contribution < 1.29 is 4.79 Å². The number of nitrogens with zero attached hydrogens (tertiary/aromatic N) is 1. The topological polar surface area (TPSA) is 36.1 Å². The van der Waals surface area contributed by atoms with Gasteiger partial charge in [0, 0.05) is 24.5 Å². The SMILES string of the molecule is Cc1ccc(C)c2c3c([nH]c12)C(=O)N(C)CCC3. The highest BCUT2D eigenvalue weighted by atomic mass is 16.2. The number of hydrogen-bond acceptors (Lipinski definition) is 1. The average Bonchev–Trinajstić information content (AvgIpc) is 2.68. The maximum Gasteiger partial charge on any atom is 0.270 e. The Morgan fingerprint density at radius 1 is 1.22 bits per heavy atom. The van der Waals surface area contributed by atoms with E-state index in [1.165, 1.54) is 22.1 Å². The van der Waals surface area contributed by atoms with E-state index in [0.717, 1.165) is 30.6 Å². The number of fused-ring (bicyclic) bond motifs is 3. The van der Waals surface area contributed by atoms with Crippen molar-refractivity contribution in [1.29, 1.82) is 0 Å². The zero-order valence-electron chi connectivity index (χ0n) is 11.1. The van der Waals surface area contributed by atoms with Gasteiger partial charge in [-0.15, -0.1) is 0 Å². The summed E-state index contributed by atoms with van der Waals surface area (Å²) < 4.78 is 0. The first-order valence-corrected chi connectivity index (χ1v) is 6.46. The van der Waals surface area contributed by atoms with Crippen LogP contribution in [0.5, 0.6) is 0 Å². The van der Waals surface area contributed by atoms with E-state index in [2.05, 4.69) is 31.0 Å². The number of nitrogens with one attached hydrogen (secondary N) is 1. The van der Waals surface area contributed by atoms with E-state index in [-0.39, 0.29) is 5.91 Å². The van der Waals surface area contributed by atoms with Gasteiger partial charge in [-0.25, -0.2) is 0 Å². The summed E-state index contributed by atoms with van der Waals surface area (Å²) >= 11 is 0. The molecule has 2 aromatic rings. The van der Waals surface area contributed by atoms with Gasteiger partial charge in [-0.3, -0.25) is 4.79 Å². The maximum absolute atomic E-state index is 12.3. The summed E-state index contributed by atoms with van der Waals surface area (Å²) in [6, 6.07) is 4.26. The third-order valence-electron chi connectivity index (χ3n) is 3.96. The van der Waals surface area contributed by atoms with Crippen molar-refractivity contribution in [3.8, 4) is 0 Å². The number of H-pyrrole nitrogens is 1. The second-order valence-corrected chi connectivity index (χ2v) is 5.26. The zero-order valence-corrected chi connectivity index (χ0v) is 11.1. The van der Waals surface area contributed by atoms with Gasteiger partial charge in [0.05, 0.1) is 0 Å². The first kappa shape index (κ1) is 11.3. The van der Waals surface area contributed by atoms with Crippen molar-refractivity contribution >= 4 is 16.8 Å². The van der Waals surface area contributed by atoms with E-state index in [1.54, 1.807) is 0 Å². The zero-order chi connectivity index (χ0) is 12.9. The average molecular weight is 242 g/mol. The minimum Gasteiger partial charge on any atom is -0.350 e. The van der Waals surface area contributed by atoms with Crippen LogP contribution in [0.4, 0.5) is 0 Å². The summed E-state index contributed by atoms with van der Waals surface area (Å²) in [5.74, 6) is 0.123. The van der Waals surface area contributed by atoms with Crippen LogP contribution < -0.4 is 0 Å². The first-order valence-electron chi connectivity index (χ1n) is 6.46. The molecule has 18 heavy (non-hydrogen) atoms. The van der Waals surface area contributed by atoms with Crippen LogP contribution in [0.3, 0.4) is 0 Å². The summed E-state index contributed by atoms with van der Waals surface area (Å²) in [7, 11) is 1.88. The number of aromatic amines is 1. The van der Waals surface area contributed by atoms with Gasteiger partial charge in [-0.2, -0.15) is 0 Å². The Kier molecular flexibility index (Phi) is 2.44. The van der Waals surface area contributed by atoms with Gasteiger partial charge >= 0.3 is 0 Å². The molecular formula is C15H18N2O. The Bertz CT molecular complexity index is 639. The van der Waals surface area contributed by atoms with Gasteiger partial charge in [0.1, 0.15) is 5.69 Å². The molecule has 0 radical (unpaired) electrons. The molecule has 0 fully saturated rings. The van der Waals surface area contributed by atoms with Gasteiger partial charge in [-0.05, 0) is 43.4 Å². The molecule has 3 heteroatoms. The summed E-state index contributed by atoms with van der Waals surface area (Å²) in [5.41, 5.74) is 5.59. The molecular weight excluding hydrogens is 224 g/mol. The van der Waals surface area contributed by atoms with E-state index in [9.17, 15) is 4.79 Å². The minimum atomic E-state index is 0.123. The highest BCUT2D eigenvalue weighted by Crippen LogP contribution is 2.31. The molecule has 1 aliphatic heterocycles. The Balaban J connectivity index is 2.36. The number of aryl methyl sites for hydroxylation is 3. The van der Waals surface area contributed by atoms with Crippen molar-refractivity contribution in [3.63, 3.8) is 0 Å². The fraction of sp³-hybridized carbons (Fsp3) is 0.400. The predicted octanol–water partition coefficient (Wildman–Crippen LogP) is 2.80. The third kappa shape index (κ3) is 1.47. The molecule has 1 aromatic heterocycles. The highest BCUT2D eigenvalue weighted by molar-refractivity contribution is 6.03. The molecule has 0 bridgehead atoms. The van der Waals surface area contributed by atoms with E-state index in [0.29, 0.717) is 0 Å². The van der Waals surface area contributed by atoms with Gasteiger partial charge in [-0.1, -0.05) is 12.1 Å². The summed E-state index contributed by atoms with van der Waals surface area (Å²) in [4.78, 5) is 17.5. The molecule has 0 aliphatic carbocycles. The van der Waals surface area contributed by atoms with Crippen LogP contribution >= 0.6 is 0 Å². The monoisotopic (exact) mass is 242 g/mol. The number of hydrogen-bond donors (Lipinski definition) is 1. The van der Waals surface area contributed by atoms with E-state index >= 15 is 0 Å². The number of amides is 1. The number of carbonyl (C=O) groups excluding carboxylic acids is 1. The third-order valence-corrected chi connectivity index (χ3v) is 3.96. The van der Waals surface area contributed by atoms with Crippen LogP contribution in [0.25, 0.3) is 10.9 Å². The van der Waals surface area contributed by atoms with Crippen LogP contribution in [0.1, 0.15) is 33.6 Å². The van der Waals surface area contributed by atoms with Crippen LogP contribution in [0, 0.1) is 13.8 Å². The van der Waals surface area contributed by atoms with Gasteiger partial charge in [0.25, 0.3) is 5.91 Å². The molecule has 2 heterocycles. The lowest BCUT2D eigenvalue weighted by atomic mass is 10.0. The number of aromatic nitrogens is 1. The predicted molar refractivity (Wildman–Crippen MR) is 73.1 cm³/mol. The lowest BCUT2D eigenvalue weighted by Gasteiger charge is -2.12. The number of rotatable bonds is 0. The number of benzene rings is 1. The second kappa shape index (κ2) is 3.87. The smallest absolute Gasteiger partial charge is 0.270 e. The molecule has 0 unspecified atom stereocenters. The van der Waals surface area contributed by atoms with Gasteiger partial charge < -0.3 is 9.88 Å². The Labute approximate surface area is 107 Å². The summed E-state index contributed by atoms with van der Waals surface area (Å²) in [6.07, 6.45) is 2.02. The van der Waals surface area contributed by atoms with E-state index in [1.807, 2.05) is 11.9 Å². The van der Waals surface area contributed by atoms with E-state index < -0.39 is 0 Å². The summed E-state index contributed by atoms with van der Waals surface area (Å²) in [6.45, 7) is 5.05. The fourth-order valence-corrected chi connectivity index (χ4v) is 2.90. The van der Waals surface area contributed by atoms with Crippen LogP contribution in [-0.2, 0) is 6.42 Å². The van der Waals surface area contributed by atoms with Gasteiger partial charge in [0.2, 0.25) is 0 Å². The Hall–Kier alpha value is -1.77. The molecule has 1 aromatic carbocycles. The lowest BCUT2D eigenvalue weighted by molar-refractivity contribution is 0.0795. The minimum absolute atomic E-state index is 0.123. The molecule has 3 rings (SSSR count). The lowest BCUT2D eigenvalue weighted by Crippen LogP contribution is -2.26. The van der Waals surface area contributed by atoms with Crippen LogP contribution in [0.15, 0.2) is 12.1 Å². The Morgan fingerprint density at radius 3 is 2.72 bits per heavy atom. The molecule has 3 nitrogen and oxygen atoms in total. The largest absolute Gasteiger partial charge is 0.350 e. The standard InChI is InChI=1S/C15H18N2O/c1-9-6-7-10(2)13-12(9)11-5-4-8-17(3)15(18)14(11)16-13/h6-7,16H,4-5,8H2,1-3H3. The molecule has 0 atom stereocenters.